The van der Waals surface area contributed by atoms with E-state index < -0.39 is 10.0 Å². The number of nitrogens with zero attached hydrogens (tertiary/aromatic N) is 2. The average molecular weight is 416 g/mol. The molecule has 1 aromatic rings. The van der Waals surface area contributed by atoms with Crippen molar-refractivity contribution >= 4 is 39.1 Å². The summed E-state index contributed by atoms with van der Waals surface area (Å²) in [5.41, 5.74) is 2.72. The van der Waals surface area contributed by atoms with Crippen LogP contribution in [-0.2, 0) is 10.0 Å². The van der Waals surface area contributed by atoms with E-state index in [0.29, 0.717) is 31.1 Å². The van der Waals surface area contributed by atoms with Crippen LogP contribution in [-0.4, -0.2) is 67.5 Å². The summed E-state index contributed by atoms with van der Waals surface area (Å²) in [7, 11) is -3.47. The molecule has 0 radical (unpaired) electrons. The summed E-state index contributed by atoms with van der Waals surface area (Å²) in [4.78, 5) is 2.52. The van der Waals surface area contributed by atoms with Crippen LogP contribution < -0.4 is 5.32 Å². The second kappa shape index (κ2) is 9.39. The van der Waals surface area contributed by atoms with Crippen molar-refractivity contribution < 1.29 is 8.42 Å². The summed E-state index contributed by atoms with van der Waals surface area (Å²) in [5.74, 6) is 1.11. The van der Waals surface area contributed by atoms with Gasteiger partial charge in [0.25, 0.3) is 0 Å². The minimum atomic E-state index is -3.47. The topological polar surface area (TPSA) is 52.6 Å². The molecule has 0 aromatic heterocycles. The van der Waals surface area contributed by atoms with Gasteiger partial charge in [0.2, 0.25) is 10.0 Å². The number of hydrogen-bond acceptors (Lipinski definition) is 4. The highest BCUT2D eigenvalue weighted by molar-refractivity contribution is 7.98. The summed E-state index contributed by atoms with van der Waals surface area (Å²) >= 11 is 7.27. The van der Waals surface area contributed by atoms with Crippen molar-refractivity contribution in [3.8, 4) is 0 Å². The summed E-state index contributed by atoms with van der Waals surface area (Å²) in [6, 6.07) is 3.87. The third-order valence-corrected chi connectivity index (χ3v) is 7.83. The minimum absolute atomic E-state index is 0.453. The zero-order valence-corrected chi connectivity index (χ0v) is 18.5. The van der Waals surface area contributed by atoms with Gasteiger partial charge in [-0.15, -0.1) is 0 Å². The number of benzene rings is 1. The molecule has 0 amide bonds. The Hall–Kier alpha value is -0.830. The number of sulfonamides is 1. The fourth-order valence-electron chi connectivity index (χ4n) is 3.36. The molecule has 1 heterocycles. The lowest BCUT2D eigenvalue weighted by Crippen LogP contribution is -2.53. The molecule has 0 saturated carbocycles. The second-order valence-corrected chi connectivity index (χ2v) is 9.94. The molecule has 26 heavy (non-hydrogen) atoms. The quantitative estimate of drug-likeness (QED) is 0.569. The summed E-state index contributed by atoms with van der Waals surface area (Å²) in [6.07, 6.45) is 3.16. The number of nitrogens with one attached hydrogen (secondary N) is 1. The van der Waals surface area contributed by atoms with Crippen LogP contribution in [0.5, 0.6) is 0 Å². The molecule has 5 nitrogen and oxygen atoms in total. The monoisotopic (exact) mass is 415 g/mol. The Morgan fingerprint density at radius 2 is 1.73 bits per heavy atom. The van der Waals surface area contributed by atoms with Gasteiger partial charge < -0.3 is 10.2 Å². The summed E-state index contributed by atoms with van der Waals surface area (Å²) in [6.45, 7) is 8.76. The Bertz CT molecular complexity index is 719. The molecule has 1 aliphatic rings. The molecule has 0 bridgehead atoms. The molecule has 1 aliphatic heterocycles. The molecule has 0 atom stereocenters. The van der Waals surface area contributed by atoms with Crippen LogP contribution >= 0.6 is 24.0 Å². The molecular formula is C18H29N3O2S3. The third-order valence-electron chi connectivity index (χ3n) is 4.53. The van der Waals surface area contributed by atoms with Gasteiger partial charge in [-0.2, -0.15) is 16.1 Å². The average Bonchev–Trinajstić information content (AvgIpc) is 2.57. The minimum Gasteiger partial charge on any atom is -0.363 e. The Balaban J connectivity index is 2.00. The summed E-state index contributed by atoms with van der Waals surface area (Å²) < 4.78 is 27.8. The predicted octanol–water partition coefficient (Wildman–Crippen LogP) is 2.55. The zero-order chi connectivity index (χ0) is 19.3. The fourth-order valence-corrected chi connectivity index (χ4v) is 5.91. The molecule has 8 heteroatoms. The van der Waals surface area contributed by atoms with E-state index in [9.17, 15) is 8.42 Å². The van der Waals surface area contributed by atoms with Gasteiger partial charge in [0, 0.05) is 32.7 Å². The van der Waals surface area contributed by atoms with Gasteiger partial charge in [-0.05, 0) is 62.5 Å². The van der Waals surface area contributed by atoms with Gasteiger partial charge in [0.1, 0.15) is 0 Å². The largest absolute Gasteiger partial charge is 0.363 e. The van der Waals surface area contributed by atoms with Crippen LogP contribution in [0.15, 0.2) is 17.0 Å². The Labute approximate surface area is 167 Å². The van der Waals surface area contributed by atoms with E-state index in [1.807, 2.05) is 44.7 Å². The van der Waals surface area contributed by atoms with Crippen molar-refractivity contribution in [1.29, 1.82) is 0 Å². The standard InChI is InChI=1S/C18H29N3O2S3/c1-14-12-15(2)17(16(3)13-14)26(22,23)21-9-7-20(8-10-21)18(24)19-6-5-11-25-4/h12-13H,5-11H2,1-4H3,(H,19,24). The van der Waals surface area contributed by atoms with Crippen LogP contribution in [0.1, 0.15) is 23.1 Å². The smallest absolute Gasteiger partial charge is 0.243 e. The van der Waals surface area contributed by atoms with Gasteiger partial charge in [-0.3, -0.25) is 0 Å². The first-order chi connectivity index (χ1) is 12.3. The maximum Gasteiger partial charge on any atom is 0.243 e. The molecule has 1 saturated heterocycles. The maximum atomic E-state index is 13.1. The van der Waals surface area contributed by atoms with Gasteiger partial charge >= 0.3 is 0 Å². The van der Waals surface area contributed by atoms with E-state index in [1.54, 1.807) is 4.31 Å². The normalized spacial score (nSPS) is 15.9. The van der Waals surface area contributed by atoms with Crippen LogP contribution in [0, 0.1) is 20.8 Å². The van der Waals surface area contributed by atoms with Crippen molar-refractivity contribution in [1.82, 2.24) is 14.5 Å². The summed E-state index contributed by atoms with van der Waals surface area (Å²) in [5, 5.41) is 4.00. The first-order valence-corrected chi connectivity index (χ1v) is 12.1. The highest BCUT2D eigenvalue weighted by Crippen LogP contribution is 2.26. The first kappa shape index (κ1) is 21.5. The maximum absolute atomic E-state index is 13.1. The second-order valence-electron chi connectivity index (χ2n) is 6.70. The van der Waals surface area contributed by atoms with Crippen LogP contribution in [0.4, 0.5) is 0 Å². The number of thiocarbonyl (C=S) groups is 1. The Morgan fingerprint density at radius 1 is 1.15 bits per heavy atom. The van der Waals surface area contributed by atoms with Crippen molar-refractivity contribution in [3.63, 3.8) is 0 Å². The van der Waals surface area contributed by atoms with E-state index >= 15 is 0 Å². The van der Waals surface area contributed by atoms with Gasteiger partial charge in [-0.25, -0.2) is 8.42 Å². The van der Waals surface area contributed by atoms with E-state index in [0.717, 1.165) is 40.5 Å². The van der Waals surface area contributed by atoms with Gasteiger partial charge in [-0.1, -0.05) is 17.7 Å². The van der Waals surface area contributed by atoms with Gasteiger partial charge in [0.05, 0.1) is 4.90 Å². The van der Waals surface area contributed by atoms with Crippen LogP contribution in [0.25, 0.3) is 0 Å². The first-order valence-electron chi connectivity index (χ1n) is 8.87. The molecule has 2 rings (SSSR count). The molecule has 1 aromatic carbocycles. The number of hydrogen-bond donors (Lipinski definition) is 1. The zero-order valence-electron chi connectivity index (χ0n) is 16.0. The molecule has 0 aliphatic carbocycles. The SMILES string of the molecule is CSCCCNC(=S)N1CCN(S(=O)(=O)c2c(C)cc(C)cc2C)CC1. The van der Waals surface area contributed by atoms with E-state index in [2.05, 4.69) is 16.5 Å². The molecule has 146 valence electrons. The lowest BCUT2D eigenvalue weighted by atomic mass is 10.1. The predicted molar refractivity (Wildman–Crippen MR) is 115 cm³/mol. The lowest BCUT2D eigenvalue weighted by Gasteiger charge is -2.36. The Morgan fingerprint density at radius 3 is 2.27 bits per heavy atom. The van der Waals surface area contributed by atoms with E-state index in [1.165, 1.54) is 0 Å². The van der Waals surface area contributed by atoms with Crippen molar-refractivity contribution in [2.24, 2.45) is 0 Å². The Kier molecular flexibility index (Phi) is 7.76. The van der Waals surface area contributed by atoms with Crippen molar-refractivity contribution in [2.75, 3.05) is 44.7 Å². The van der Waals surface area contributed by atoms with E-state index in [4.69, 9.17) is 12.2 Å². The molecular weight excluding hydrogens is 386 g/mol. The molecule has 0 unspecified atom stereocenters. The van der Waals surface area contributed by atoms with Crippen LogP contribution in [0.3, 0.4) is 0 Å². The molecule has 0 spiro atoms. The molecule has 1 N–H and O–H groups in total. The van der Waals surface area contributed by atoms with E-state index in [-0.39, 0.29) is 0 Å². The van der Waals surface area contributed by atoms with Crippen molar-refractivity contribution in [3.05, 3.63) is 28.8 Å². The lowest BCUT2D eigenvalue weighted by molar-refractivity contribution is 0.264. The van der Waals surface area contributed by atoms with Crippen molar-refractivity contribution in [2.45, 2.75) is 32.1 Å². The highest BCUT2D eigenvalue weighted by atomic mass is 32.2. The fraction of sp³-hybridized carbons (Fsp3) is 0.611. The van der Waals surface area contributed by atoms with Gasteiger partial charge in [0.15, 0.2) is 5.11 Å². The number of thioether (sulfide) groups is 1. The number of aryl methyl sites for hydroxylation is 3. The highest BCUT2D eigenvalue weighted by Gasteiger charge is 2.31. The van der Waals surface area contributed by atoms with Crippen LogP contribution in [0.2, 0.25) is 0 Å². The number of piperazine rings is 1. The molecule has 1 fully saturated rings. The number of rotatable bonds is 6. The third kappa shape index (κ3) is 5.12.